The summed E-state index contributed by atoms with van der Waals surface area (Å²) in [5.74, 6) is 0. The van der Waals surface area contributed by atoms with Gasteiger partial charge in [0, 0.05) is 32.8 Å². The van der Waals surface area contributed by atoms with E-state index in [2.05, 4.69) is 30.7 Å². The highest BCUT2D eigenvalue weighted by molar-refractivity contribution is 4.84. The van der Waals surface area contributed by atoms with Gasteiger partial charge < -0.3 is 9.64 Å². The Labute approximate surface area is 81.7 Å². The summed E-state index contributed by atoms with van der Waals surface area (Å²) in [7, 11) is 3.98. The maximum absolute atomic E-state index is 5.40. The molecular formula is C10H22N2O. The van der Waals surface area contributed by atoms with Crippen molar-refractivity contribution >= 4 is 0 Å². The third kappa shape index (κ3) is 2.66. The molecule has 0 spiro atoms. The minimum Gasteiger partial charge on any atom is -0.380 e. The van der Waals surface area contributed by atoms with E-state index in [-0.39, 0.29) is 0 Å². The zero-order chi connectivity index (χ0) is 9.84. The molecule has 78 valence electrons. The number of methoxy groups -OCH3 is 1. The Morgan fingerprint density at radius 2 is 2.15 bits per heavy atom. The first-order valence-corrected chi connectivity index (χ1v) is 5.14. The van der Waals surface area contributed by atoms with Crippen molar-refractivity contribution < 1.29 is 4.74 Å². The van der Waals surface area contributed by atoms with E-state index in [9.17, 15) is 0 Å². The van der Waals surface area contributed by atoms with Crippen LogP contribution >= 0.6 is 0 Å². The molecule has 0 aliphatic carbocycles. The Bertz CT molecular complexity index is 152. The molecule has 0 saturated carbocycles. The molecule has 1 fully saturated rings. The van der Waals surface area contributed by atoms with Gasteiger partial charge in [-0.2, -0.15) is 0 Å². The Morgan fingerprint density at radius 3 is 2.69 bits per heavy atom. The van der Waals surface area contributed by atoms with Gasteiger partial charge in [-0.1, -0.05) is 6.92 Å². The van der Waals surface area contributed by atoms with Gasteiger partial charge >= 0.3 is 0 Å². The van der Waals surface area contributed by atoms with Crippen LogP contribution in [0.2, 0.25) is 0 Å². The Morgan fingerprint density at radius 1 is 1.46 bits per heavy atom. The highest BCUT2D eigenvalue weighted by Gasteiger charge is 2.28. The second-order valence-electron chi connectivity index (χ2n) is 3.90. The lowest BCUT2D eigenvalue weighted by molar-refractivity contribution is -0.0107. The summed E-state index contributed by atoms with van der Waals surface area (Å²) in [4.78, 5) is 4.89. The van der Waals surface area contributed by atoms with Gasteiger partial charge in [-0.25, -0.2) is 0 Å². The fourth-order valence-electron chi connectivity index (χ4n) is 1.99. The van der Waals surface area contributed by atoms with Gasteiger partial charge in [-0.15, -0.1) is 0 Å². The molecular weight excluding hydrogens is 164 g/mol. The fraction of sp³-hybridized carbons (Fsp3) is 1.00. The maximum atomic E-state index is 5.40. The van der Waals surface area contributed by atoms with Crippen molar-refractivity contribution in [3.8, 4) is 0 Å². The van der Waals surface area contributed by atoms with Gasteiger partial charge in [-0.3, -0.25) is 4.90 Å². The summed E-state index contributed by atoms with van der Waals surface area (Å²) in [5.41, 5.74) is 0. The molecule has 0 aromatic carbocycles. The van der Waals surface area contributed by atoms with E-state index in [1.165, 1.54) is 13.1 Å². The standard InChI is InChI=1S/C10H22N2O/c1-5-12-7-6-11(3)8-10(12)9(2)13-4/h9-10H,5-8H2,1-4H3. The molecule has 3 heteroatoms. The van der Waals surface area contributed by atoms with Gasteiger partial charge in [0.15, 0.2) is 0 Å². The summed E-state index contributed by atoms with van der Waals surface area (Å²) < 4.78 is 5.40. The molecule has 1 rings (SSSR count). The number of likely N-dealkylation sites (N-methyl/N-ethyl adjacent to an activating group) is 2. The number of ether oxygens (including phenoxy) is 1. The van der Waals surface area contributed by atoms with Crippen molar-refractivity contribution in [1.82, 2.24) is 9.80 Å². The van der Waals surface area contributed by atoms with Crippen molar-refractivity contribution in [2.24, 2.45) is 0 Å². The van der Waals surface area contributed by atoms with E-state index < -0.39 is 0 Å². The second kappa shape index (κ2) is 4.94. The van der Waals surface area contributed by atoms with E-state index in [0.29, 0.717) is 12.1 Å². The topological polar surface area (TPSA) is 15.7 Å². The molecule has 1 aliphatic heterocycles. The van der Waals surface area contributed by atoms with E-state index >= 15 is 0 Å². The number of piperazine rings is 1. The molecule has 1 aliphatic rings. The van der Waals surface area contributed by atoms with Crippen LogP contribution in [0.4, 0.5) is 0 Å². The lowest BCUT2D eigenvalue weighted by Gasteiger charge is -2.41. The average Bonchev–Trinajstić information content (AvgIpc) is 2.16. The van der Waals surface area contributed by atoms with Crippen LogP contribution in [0.5, 0.6) is 0 Å². The molecule has 1 heterocycles. The zero-order valence-corrected chi connectivity index (χ0v) is 9.29. The third-order valence-electron chi connectivity index (χ3n) is 3.06. The van der Waals surface area contributed by atoms with Gasteiger partial charge in [0.1, 0.15) is 0 Å². The quantitative estimate of drug-likeness (QED) is 0.644. The molecule has 0 bridgehead atoms. The van der Waals surface area contributed by atoms with E-state index in [0.717, 1.165) is 13.1 Å². The summed E-state index contributed by atoms with van der Waals surface area (Å²) in [6, 6.07) is 0.564. The van der Waals surface area contributed by atoms with Crippen molar-refractivity contribution in [2.45, 2.75) is 26.0 Å². The van der Waals surface area contributed by atoms with Crippen LogP contribution in [0.25, 0.3) is 0 Å². The maximum Gasteiger partial charge on any atom is 0.0710 e. The monoisotopic (exact) mass is 186 g/mol. The van der Waals surface area contributed by atoms with E-state index in [1.807, 2.05) is 0 Å². The summed E-state index contributed by atoms with van der Waals surface area (Å²) in [6.45, 7) is 8.99. The van der Waals surface area contributed by atoms with E-state index in [1.54, 1.807) is 7.11 Å². The minimum atomic E-state index is 0.336. The number of rotatable bonds is 3. The third-order valence-corrected chi connectivity index (χ3v) is 3.06. The fourth-order valence-corrected chi connectivity index (χ4v) is 1.99. The molecule has 0 aromatic heterocycles. The first-order chi connectivity index (χ1) is 6.19. The number of hydrogen-bond acceptors (Lipinski definition) is 3. The SMILES string of the molecule is CCN1CCN(C)CC1C(C)OC. The van der Waals surface area contributed by atoms with Gasteiger partial charge in [-0.05, 0) is 20.5 Å². The Hall–Kier alpha value is -0.120. The van der Waals surface area contributed by atoms with Crippen molar-refractivity contribution in [1.29, 1.82) is 0 Å². The van der Waals surface area contributed by atoms with Crippen LogP contribution < -0.4 is 0 Å². The Balaban J connectivity index is 2.54. The minimum absolute atomic E-state index is 0.336. The smallest absolute Gasteiger partial charge is 0.0710 e. The molecule has 0 radical (unpaired) electrons. The predicted octanol–water partition coefficient (Wildman–Crippen LogP) is 0.657. The second-order valence-corrected chi connectivity index (χ2v) is 3.90. The van der Waals surface area contributed by atoms with Gasteiger partial charge in [0.05, 0.1) is 6.10 Å². The van der Waals surface area contributed by atoms with Crippen LogP contribution in [0.3, 0.4) is 0 Å². The summed E-state index contributed by atoms with van der Waals surface area (Å²) in [5, 5.41) is 0. The summed E-state index contributed by atoms with van der Waals surface area (Å²) >= 11 is 0. The van der Waals surface area contributed by atoms with Crippen LogP contribution in [0, 0.1) is 0 Å². The van der Waals surface area contributed by atoms with Gasteiger partial charge in [0.2, 0.25) is 0 Å². The van der Waals surface area contributed by atoms with Crippen molar-refractivity contribution in [3.05, 3.63) is 0 Å². The predicted molar refractivity (Wildman–Crippen MR) is 55.0 cm³/mol. The first-order valence-electron chi connectivity index (χ1n) is 5.14. The molecule has 13 heavy (non-hydrogen) atoms. The van der Waals surface area contributed by atoms with Crippen molar-refractivity contribution in [2.75, 3.05) is 40.3 Å². The summed E-state index contributed by atoms with van der Waals surface area (Å²) in [6.07, 6.45) is 0.336. The van der Waals surface area contributed by atoms with Crippen LogP contribution in [-0.2, 0) is 4.74 Å². The molecule has 2 atom stereocenters. The zero-order valence-electron chi connectivity index (χ0n) is 9.29. The number of hydrogen-bond donors (Lipinski definition) is 0. The molecule has 0 N–H and O–H groups in total. The average molecular weight is 186 g/mol. The molecule has 3 nitrogen and oxygen atoms in total. The van der Waals surface area contributed by atoms with Crippen LogP contribution in [0.15, 0.2) is 0 Å². The Kier molecular flexibility index (Phi) is 4.16. The largest absolute Gasteiger partial charge is 0.380 e. The highest BCUT2D eigenvalue weighted by Crippen LogP contribution is 2.13. The molecule has 0 aromatic rings. The first kappa shape index (κ1) is 11.0. The lowest BCUT2D eigenvalue weighted by Crippen LogP contribution is -2.56. The lowest BCUT2D eigenvalue weighted by atomic mass is 10.1. The van der Waals surface area contributed by atoms with Crippen molar-refractivity contribution in [3.63, 3.8) is 0 Å². The van der Waals surface area contributed by atoms with Crippen LogP contribution in [0.1, 0.15) is 13.8 Å². The molecule has 0 amide bonds. The highest BCUT2D eigenvalue weighted by atomic mass is 16.5. The molecule has 2 unspecified atom stereocenters. The van der Waals surface area contributed by atoms with Gasteiger partial charge in [0.25, 0.3) is 0 Å². The van der Waals surface area contributed by atoms with E-state index in [4.69, 9.17) is 4.74 Å². The molecule has 1 saturated heterocycles. The number of nitrogens with zero attached hydrogens (tertiary/aromatic N) is 2. The van der Waals surface area contributed by atoms with Crippen LogP contribution in [-0.4, -0.2) is 62.3 Å². The normalized spacial score (nSPS) is 29.1.